The van der Waals surface area contributed by atoms with Crippen LogP contribution < -0.4 is 4.72 Å². The first-order chi connectivity index (χ1) is 10.4. The number of aromatic carboxylic acids is 1. The number of carboxylic acids is 1. The minimum Gasteiger partial charge on any atom is -0.478 e. The number of hydrogen-bond acceptors (Lipinski definition) is 4. The lowest BCUT2D eigenvalue weighted by Crippen LogP contribution is -2.42. The van der Waals surface area contributed by atoms with E-state index in [0.29, 0.717) is 6.54 Å². The van der Waals surface area contributed by atoms with Crippen molar-refractivity contribution < 1.29 is 18.3 Å². The largest absolute Gasteiger partial charge is 0.478 e. The van der Waals surface area contributed by atoms with Crippen molar-refractivity contribution in [3.8, 4) is 0 Å². The van der Waals surface area contributed by atoms with E-state index in [4.69, 9.17) is 5.11 Å². The van der Waals surface area contributed by atoms with E-state index >= 15 is 0 Å². The molecule has 1 aromatic rings. The molecule has 0 spiro atoms. The molecule has 0 amide bonds. The monoisotopic (exact) mass is 362 g/mol. The summed E-state index contributed by atoms with van der Waals surface area (Å²) in [7, 11) is -3.69. The van der Waals surface area contributed by atoms with Gasteiger partial charge in [0.1, 0.15) is 0 Å². The van der Waals surface area contributed by atoms with Gasteiger partial charge in [0.15, 0.2) is 0 Å². The van der Waals surface area contributed by atoms with E-state index in [1.54, 1.807) is 0 Å². The van der Waals surface area contributed by atoms with Crippen LogP contribution in [0.3, 0.4) is 0 Å². The van der Waals surface area contributed by atoms with Crippen molar-refractivity contribution in [3.05, 3.63) is 29.8 Å². The number of halogens is 1. The summed E-state index contributed by atoms with van der Waals surface area (Å²) in [5.41, 5.74) is -0.0329. The van der Waals surface area contributed by atoms with Gasteiger partial charge in [-0.25, -0.2) is 17.9 Å². The molecule has 1 unspecified atom stereocenters. The highest BCUT2D eigenvalue weighted by molar-refractivity contribution is 7.89. The number of likely N-dealkylation sites (tertiary alicyclic amines) is 1. The summed E-state index contributed by atoms with van der Waals surface area (Å²) >= 11 is 0. The Kier molecular flexibility index (Phi) is 7.47. The van der Waals surface area contributed by atoms with E-state index in [1.807, 2.05) is 6.92 Å². The van der Waals surface area contributed by atoms with Crippen LogP contribution in [0.15, 0.2) is 29.2 Å². The highest BCUT2D eigenvalue weighted by atomic mass is 35.5. The maximum atomic E-state index is 12.3. The van der Waals surface area contributed by atoms with Crippen molar-refractivity contribution in [3.63, 3.8) is 0 Å². The SMILES string of the molecule is CCC(CNS(=O)(=O)c1cccc(C(=O)O)c1)N1CCCC1.Cl. The van der Waals surface area contributed by atoms with Crippen molar-refractivity contribution in [2.24, 2.45) is 0 Å². The second kappa shape index (κ2) is 8.63. The summed E-state index contributed by atoms with van der Waals surface area (Å²) in [5.74, 6) is -1.14. The molecule has 1 fully saturated rings. The third-order valence-corrected chi connectivity index (χ3v) is 5.45. The molecule has 1 heterocycles. The Labute approximate surface area is 143 Å². The first kappa shape index (κ1) is 19.9. The van der Waals surface area contributed by atoms with Gasteiger partial charge in [-0.1, -0.05) is 13.0 Å². The van der Waals surface area contributed by atoms with Gasteiger partial charge >= 0.3 is 5.97 Å². The van der Waals surface area contributed by atoms with Gasteiger partial charge in [0.25, 0.3) is 0 Å². The van der Waals surface area contributed by atoms with Crippen molar-refractivity contribution >= 4 is 28.4 Å². The summed E-state index contributed by atoms with van der Waals surface area (Å²) in [4.78, 5) is 13.2. The Balaban J connectivity index is 0.00000264. The molecular formula is C15H23ClN2O4S. The summed E-state index contributed by atoms with van der Waals surface area (Å²) in [6.45, 7) is 4.40. The number of hydrogen-bond donors (Lipinski definition) is 2. The average Bonchev–Trinajstić information content (AvgIpc) is 3.02. The molecule has 1 aromatic carbocycles. The van der Waals surface area contributed by atoms with Gasteiger partial charge in [0, 0.05) is 12.6 Å². The molecule has 1 aliphatic heterocycles. The summed E-state index contributed by atoms with van der Waals surface area (Å²) in [6, 6.07) is 5.59. The van der Waals surface area contributed by atoms with E-state index in [2.05, 4.69) is 9.62 Å². The Morgan fingerprint density at radius 2 is 2.00 bits per heavy atom. The highest BCUT2D eigenvalue weighted by Gasteiger charge is 2.23. The number of nitrogens with zero attached hydrogens (tertiary/aromatic N) is 1. The van der Waals surface area contributed by atoms with Crippen LogP contribution in [0.25, 0.3) is 0 Å². The molecule has 0 aliphatic carbocycles. The van der Waals surface area contributed by atoms with E-state index in [9.17, 15) is 13.2 Å². The maximum Gasteiger partial charge on any atom is 0.335 e. The Hall–Kier alpha value is -1.15. The fourth-order valence-electron chi connectivity index (χ4n) is 2.72. The van der Waals surface area contributed by atoms with Gasteiger partial charge in [0.05, 0.1) is 10.5 Å². The molecule has 2 N–H and O–H groups in total. The maximum absolute atomic E-state index is 12.3. The number of rotatable bonds is 7. The lowest BCUT2D eigenvalue weighted by molar-refractivity contribution is 0.0696. The molecule has 1 atom stereocenters. The minimum atomic E-state index is -3.69. The van der Waals surface area contributed by atoms with Crippen molar-refractivity contribution in [1.82, 2.24) is 9.62 Å². The number of benzene rings is 1. The fraction of sp³-hybridized carbons (Fsp3) is 0.533. The summed E-state index contributed by atoms with van der Waals surface area (Å²) < 4.78 is 27.2. The number of carboxylic acid groups (broad SMARTS) is 1. The van der Waals surface area contributed by atoms with Gasteiger partial charge in [-0.05, 0) is 50.6 Å². The van der Waals surface area contributed by atoms with Crippen molar-refractivity contribution in [2.45, 2.75) is 37.1 Å². The van der Waals surface area contributed by atoms with Gasteiger partial charge in [0.2, 0.25) is 10.0 Å². The molecule has 1 saturated heterocycles. The normalized spacial score (nSPS) is 16.7. The van der Waals surface area contributed by atoms with Gasteiger partial charge < -0.3 is 5.11 Å². The van der Waals surface area contributed by atoms with Crippen molar-refractivity contribution in [2.75, 3.05) is 19.6 Å². The number of nitrogens with one attached hydrogen (secondary N) is 1. The third-order valence-electron chi connectivity index (χ3n) is 4.03. The van der Waals surface area contributed by atoms with Crippen LogP contribution in [0.5, 0.6) is 0 Å². The second-order valence-electron chi connectivity index (χ2n) is 5.49. The molecule has 23 heavy (non-hydrogen) atoms. The lowest BCUT2D eigenvalue weighted by Gasteiger charge is -2.26. The van der Waals surface area contributed by atoms with Gasteiger partial charge in [-0.3, -0.25) is 4.90 Å². The van der Waals surface area contributed by atoms with Crippen LogP contribution in [0.2, 0.25) is 0 Å². The van der Waals surface area contributed by atoms with Crippen molar-refractivity contribution in [1.29, 1.82) is 0 Å². The lowest BCUT2D eigenvalue weighted by atomic mass is 10.2. The molecule has 6 nitrogen and oxygen atoms in total. The topological polar surface area (TPSA) is 86.7 Å². The van der Waals surface area contributed by atoms with E-state index in [0.717, 1.165) is 32.4 Å². The van der Waals surface area contributed by atoms with Crippen LogP contribution in [0, 0.1) is 0 Å². The number of sulfonamides is 1. The highest BCUT2D eigenvalue weighted by Crippen LogP contribution is 2.15. The first-order valence-corrected chi connectivity index (χ1v) is 8.99. The summed E-state index contributed by atoms with van der Waals surface area (Å²) in [5, 5.41) is 8.95. The van der Waals surface area contributed by atoms with Gasteiger partial charge in [-0.2, -0.15) is 0 Å². The van der Waals surface area contributed by atoms with Crippen LogP contribution in [-0.2, 0) is 10.0 Å². The molecule has 0 radical (unpaired) electrons. The molecule has 0 saturated carbocycles. The van der Waals surface area contributed by atoms with Crippen LogP contribution >= 0.6 is 12.4 Å². The Morgan fingerprint density at radius 1 is 1.35 bits per heavy atom. The molecule has 0 aromatic heterocycles. The Morgan fingerprint density at radius 3 is 2.57 bits per heavy atom. The zero-order chi connectivity index (χ0) is 16.2. The third kappa shape index (κ3) is 5.17. The predicted octanol–water partition coefficient (Wildman–Crippen LogP) is 1.96. The molecular weight excluding hydrogens is 340 g/mol. The standard InChI is InChI=1S/C15H22N2O4S.ClH/c1-2-13(17-8-3-4-9-17)11-16-22(20,21)14-7-5-6-12(10-14)15(18)19;/h5-7,10,13,16H,2-4,8-9,11H2,1H3,(H,18,19);1H. The summed E-state index contributed by atoms with van der Waals surface area (Å²) in [6.07, 6.45) is 3.19. The average molecular weight is 363 g/mol. The zero-order valence-corrected chi connectivity index (χ0v) is 14.7. The Bertz CT molecular complexity index is 630. The second-order valence-corrected chi connectivity index (χ2v) is 7.26. The quantitative estimate of drug-likeness (QED) is 0.774. The molecule has 8 heteroatoms. The molecule has 1 aliphatic rings. The minimum absolute atomic E-state index is 0. The van der Waals surface area contributed by atoms with Crippen LogP contribution in [-0.4, -0.2) is 50.1 Å². The fourth-order valence-corrected chi connectivity index (χ4v) is 3.84. The van der Waals surface area contributed by atoms with E-state index in [-0.39, 0.29) is 28.9 Å². The molecule has 2 rings (SSSR count). The van der Waals surface area contributed by atoms with Crippen LogP contribution in [0.1, 0.15) is 36.5 Å². The van der Waals surface area contributed by atoms with Gasteiger partial charge in [-0.15, -0.1) is 12.4 Å². The predicted molar refractivity (Wildman–Crippen MR) is 90.7 cm³/mol. The number of carbonyl (C=O) groups is 1. The smallest absolute Gasteiger partial charge is 0.335 e. The van der Waals surface area contributed by atoms with E-state index in [1.165, 1.54) is 24.3 Å². The first-order valence-electron chi connectivity index (χ1n) is 7.51. The van der Waals surface area contributed by atoms with Crippen LogP contribution in [0.4, 0.5) is 0 Å². The molecule has 130 valence electrons. The van der Waals surface area contributed by atoms with E-state index < -0.39 is 16.0 Å². The molecule has 0 bridgehead atoms. The zero-order valence-electron chi connectivity index (χ0n) is 13.1.